The molecule has 0 unspecified atom stereocenters. The molecule has 1 aromatic heterocycles. The highest BCUT2D eigenvalue weighted by molar-refractivity contribution is 5.92. The minimum absolute atomic E-state index is 0.134. The second-order valence-electron chi connectivity index (χ2n) is 3.78. The lowest BCUT2D eigenvalue weighted by molar-refractivity contribution is 0.0911. The van der Waals surface area contributed by atoms with Gasteiger partial charge in [-0.25, -0.2) is 4.79 Å². The van der Waals surface area contributed by atoms with E-state index in [0.717, 1.165) is 5.56 Å². The molecule has 6 heteroatoms. The van der Waals surface area contributed by atoms with Crippen LogP contribution in [0.25, 0.3) is 0 Å². The van der Waals surface area contributed by atoms with E-state index in [1.807, 2.05) is 18.2 Å². The first-order valence-corrected chi connectivity index (χ1v) is 5.45. The molecule has 0 spiro atoms. The Balaban J connectivity index is 2.12. The van der Waals surface area contributed by atoms with Gasteiger partial charge in [-0.3, -0.25) is 4.79 Å². The van der Waals surface area contributed by atoms with E-state index in [4.69, 9.17) is 0 Å². The number of carbonyl (C=O) groups is 1. The van der Waals surface area contributed by atoms with Gasteiger partial charge in [0.1, 0.15) is 5.69 Å². The molecule has 1 aromatic carbocycles. The number of aromatic nitrogens is 2. The van der Waals surface area contributed by atoms with Crippen LogP contribution in [0.2, 0.25) is 0 Å². The molecular weight excluding hydrogens is 234 g/mol. The van der Waals surface area contributed by atoms with Crippen LogP contribution in [0.1, 0.15) is 22.1 Å². The maximum atomic E-state index is 11.8. The van der Waals surface area contributed by atoms with E-state index in [0.29, 0.717) is 0 Å². The minimum atomic E-state index is -0.503. The van der Waals surface area contributed by atoms with Gasteiger partial charge in [0.2, 0.25) is 0 Å². The molecule has 0 fully saturated rings. The van der Waals surface area contributed by atoms with Crippen molar-refractivity contribution in [2.24, 2.45) is 0 Å². The van der Waals surface area contributed by atoms with E-state index in [1.165, 1.54) is 6.20 Å². The quantitative estimate of drug-likeness (QED) is 0.619. The first kappa shape index (κ1) is 12.1. The third kappa shape index (κ3) is 2.67. The molecule has 0 saturated carbocycles. The van der Waals surface area contributed by atoms with Gasteiger partial charge in [0.05, 0.1) is 12.6 Å². The molecule has 1 heterocycles. The van der Waals surface area contributed by atoms with Crippen molar-refractivity contribution in [3.05, 3.63) is 58.3 Å². The van der Waals surface area contributed by atoms with Gasteiger partial charge in [0.15, 0.2) is 0 Å². The van der Waals surface area contributed by atoms with Crippen molar-refractivity contribution in [3.63, 3.8) is 0 Å². The van der Waals surface area contributed by atoms with Crippen molar-refractivity contribution in [3.8, 4) is 0 Å². The summed E-state index contributed by atoms with van der Waals surface area (Å²) >= 11 is 0. The number of hydrogen-bond acceptors (Lipinski definition) is 3. The van der Waals surface area contributed by atoms with E-state index in [-0.39, 0.29) is 12.3 Å². The van der Waals surface area contributed by atoms with Gasteiger partial charge in [-0.05, 0) is 5.56 Å². The zero-order valence-electron chi connectivity index (χ0n) is 9.51. The van der Waals surface area contributed by atoms with Gasteiger partial charge in [0.25, 0.3) is 5.91 Å². The molecular formula is C12H13N3O3. The third-order valence-corrected chi connectivity index (χ3v) is 2.53. The van der Waals surface area contributed by atoms with Crippen LogP contribution in [0.5, 0.6) is 0 Å². The molecule has 1 amide bonds. The first-order valence-electron chi connectivity index (χ1n) is 5.45. The SMILES string of the molecule is O=C(N[C@H](CO)c1ccccc1)c1c[nH]c(=O)[nH]1. The van der Waals surface area contributed by atoms with Crippen LogP contribution in [0.3, 0.4) is 0 Å². The molecule has 0 bridgehead atoms. The van der Waals surface area contributed by atoms with Crippen LogP contribution < -0.4 is 11.0 Å². The number of aromatic amines is 2. The average molecular weight is 247 g/mol. The fourth-order valence-corrected chi connectivity index (χ4v) is 1.61. The van der Waals surface area contributed by atoms with E-state index < -0.39 is 17.6 Å². The average Bonchev–Trinajstić information content (AvgIpc) is 2.83. The van der Waals surface area contributed by atoms with Crippen molar-refractivity contribution in [2.75, 3.05) is 6.61 Å². The number of hydrogen-bond donors (Lipinski definition) is 4. The highest BCUT2D eigenvalue weighted by Crippen LogP contribution is 2.11. The molecule has 1 atom stereocenters. The summed E-state index contributed by atoms with van der Waals surface area (Å²) < 4.78 is 0. The number of rotatable bonds is 4. The fourth-order valence-electron chi connectivity index (χ4n) is 1.61. The Kier molecular flexibility index (Phi) is 3.59. The highest BCUT2D eigenvalue weighted by Gasteiger charge is 2.15. The number of carbonyl (C=O) groups excluding carboxylic acids is 1. The van der Waals surface area contributed by atoms with Crippen molar-refractivity contribution in [1.82, 2.24) is 15.3 Å². The van der Waals surface area contributed by atoms with Gasteiger partial charge in [0, 0.05) is 6.20 Å². The van der Waals surface area contributed by atoms with Crippen molar-refractivity contribution in [2.45, 2.75) is 6.04 Å². The Labute approximate surface area is 103 Å². The lowest BCUT2D eigenvalue weighted by atomic mass is 10.1. The molecule has 0 radical (unpaired) electrons. The second-order valence-corrected chi connectivity index (χ2v) is 3.78. The molecule has 2 rings (SSSR count). The number of aliphatic hydroxyl groups is 1. The normalized spacial score (nSPS) is 12.1. The lowest BCUT2D eigenvalue weighted by Gasteiger charge is -2.15. The van der Waals surface area contributed by atoms with E-state index in [1.54, 1.807) is 12.1 Å². The molecule has 0 saturated heterocycles. The molecule has 0 aliphatic heterocycles. The Morgan fingerprint density at radius 3 is 2.61 bits per heavy atom. The van der Waals surface area contributed by atoms with Gasteiger partial charge >= 0.3 is 5.69 Å². The number of nitrogens with one attached hydrogen (secondary N) is 3. The van der Waals surface area contributed by atoms with Crippen molar-refractivity contribution >= 4 is 5.91 Å². The van der Waals surface area contributed by atoms with E-state index in [9.17, 15) is 14.7 Å². The van der Waals surface area contributed by atoms with Crippen LogP contribution in [0.15, 0.2) is 41.3 Å². The Morgan fingerprint density at radius 2 is 2.06 bits per heavy atom. The molecule has 0 aliphatic rings. The zero-order valence-corrected chi connectivity index (χ0v) is 9.51. The Bertz CT molecular complexity index is 574. The Hall–Kier alpha value is -2.34. The number of benzene rings is 1. The first-order chi connectivity index (χ1) is 8.70. The van der Waals surface area contributed by atoms with Crippen molar-refractivity contribution < 1.29 is 9.90 Å². The monoisotopic (exact) mass is 247 g/mol. The summed E-state index contributed by atoms with van der Waals surface area (Å²) in [5.74, 6) is -0.448. The summed E-state index contributed by atoms with van der Waals surface area (Å²) in [5.41, 5.74) is 0.487. The number of aliphatic hydroxyl groups excluding tert-OH is 1. The fraction of sp³-hybridized carbons (Fsp3) is 0.167. The molecule has 2 aromatic rings. The summed E-state index contributed by atoms with van der Waals surface area (Å²) in [6.45, 7) is -0.218. The molecule has 6 nitrogen and oxygen atoms in total. The number of imidazole rings is 1. The van der Waals surface area contributed by atoms with Gasteiger partial charge in [-0.15, -0.1) is 0 Å². The van der Waals surface area contributed by atoms with Crippen LogP contribution in [0, 0.1) is 0 Å². The van der Waals surface area contributed by atoms with E-state index >= 15 is 0 Å². The highest BCUT2D eigenvalue weighted by atomic mass is 16.3. The van der Waals surface area contributed by atoms with Crippen LogP contribution in [-0.4, -0.2) is 27.6 Å². The van der Waals surface area contributed by atoms with Crippen LogP contribution >= 0.6 is 0 Å². The van der Waals surface area contributed by atoms with Gasteiger partial charge < -0.3 is 20.4 Å². The third-order valence-electron chi connectivity index (χ3n) is 2.53. The minimum Gasteiger partial charge on any atom is -0.394 e. The smallest absolute Gasteiger partial charge is 0.323 e. The number of H-pyrrole nitrogens is 2. The van der Waals surface area contributed by atoms with Gasteiger partial charge in [-0.1, -0.05) is 30.3 Å². The van der Waals surface area contributed by atoms with Crippen LogP contribution in [0.4, 0.5) is 0 Å². The molecule has 0 aliphatic carbocycles. The summed E-state index contributed by atoms with van der Waals surface area (Å²) in [6.07, 6.45) is 1.29. The predicted octanol–water partition coefficient (Wildman–Crippen LogP) is 0.166. The number of amides is 1. The summed E-state index contributed by atoms with van der Waals surface area (Å²) in [6, 6.07) is 8.60. The lowest BCUT2D eigenvalue weighted by Crippen LogP contribution is -2.31. The largest absolute Gasteiger partial charge is 0.394 e. The standard InChI is InChI=1S/C12H13N3O3/c16-7-10(8-4-2-1-3-5-8)14-11(17)9-6-13-12(18)15-9/h1-6,10,16H,7H2,(H,14,17)(H2,13,15,18)/t10-/m1/s1. The molecule has 18 heavy (non-hydrogen) atoms. The maximum absolute atomic E-state index is 11.8. The predicted molar refractivity (Wildman–Crippen MR) is 65.1 cm³/mol. The maximum Gasteiger partial charge on any atom is 0.323 e. The van der Waals surface area contributed by atoms with Gasteiger partial charge in [-0.2, -0.15) is 0 Å². The van der Waals surface area contributed by atoms with Crippen LogP contribution in [-0.2, 0) is 0 Å². The molecule has 4 N–H and O–H groups in total. The van der Waals surface area contributed by atoms with E-state index in [2.05, 4.69) is 15.3 Å². The zero-order chi connectivity index (χ0) is 13.0. The summed E-state index contributed by atoms with van der Waals surface area (Å²) in [4.78, 5) is 27.4. The Morgan fingerprint density at radius 1 is 1.33 bits per heavy atom. The topological polar surface area (TPSA) is 98.0 Å². The summed E-state index contributed by atoms with van der Waals surface area (Å²) in [7, 11) is 0. The second kappa shape index (κ2) is 5.33. The van der Waals surface area contributed by atoms with Crippen molar-refractivity contribution in [1.29, 1.82) is 0 Å². The summed E-state index contributed by atoms with van der Waals surface area (Å²) in [5, 5.41) is 11.9. The molecule has 94 valence electrons.